The van der Waals surface area contributed by atoms with Gasteiger partial charge in [-0.1, -0.05) is 12.1 Å². The molecule has 0 spiro atoms. The third-order valence-electron chi connectivity index (χ3n) is 4.59. The molecule has 0 aliphatic carbocycles. The Morgan fingerprint density at radius 1 is 1.26 bits per heavy atom. The molecule has 1 atom stereocenters. The van der Waals surface area contributed by atoms with Crippen molar-refractivity contribution in [2.75, 3.05) is 45.3 Å². The van der Waals surface area contributed by atoms with Gasteiger partial charge in [0.15, 0.2) is 0 Å². The molecule has 3 rings (SSSR count). The van der Waals surface area contributed by atoms with E-state index in [1.54, 1.807) is 0 Å². The summed E-state index contributed by atoms with van der Waals surface area (Å²) in [6.07, 6.45) is 2.58. The Hall–Kier alpha value is -1.06. The maximum absolute atomic E-state index is 5.55. The molecule has 0 aromatic heterocycles. The summed E-state index contributed by atoms with van der Waals surface area (Å²) in [5.74, 6) is 0.817. The summed E-state index contributed by atoms with van der Waals surface area (Å²) in [6.45, 7) is 4.15. The maximum atomic E-state index is 5.55. The SMILES string of the molecule is CN(C)c1ccc(C2(CC3CCNC3)COC2)cc1. The molecule has 104 valence electrons. The molecule has 3 nitrogen and oxygen atoms in total. The van der Waals surface area contributed by atoms with Crippen LogP contribution in [0, 0.1) is 5.92 Å². The predicted molar refractivity (Wildman–Crippen MR) is 78.9 cm³/mol. The van der Waals surface area contributed by atoms with Crippen molar-refractivity contribution in [3.8, 4) is 0 Å². The van der Waals surface area contributed by atoms with Crippen LogP contribution in [0.1, 0.15) is 18.4 Å². The number of nitrogens with zero attached hydrogens (tertiary/aromatic N) is 1. The lowest BCUT2D eigenvalue weighted by Gasteiger charge is -2.43. The van der Waals surface area contributed by atoms with Crippen molar-refractivity contribution in [3.05, 3.63) is 29.8 Å². The van der Waals surface area contributed by atoms with E-state index < -0.39 is 0 Å². The smallest absolute Gasteiger partial charge is 0.0585 e. The van der Waals surface area contributed by atoms with Crippen LogP contribution in [0.15, 0.2) is 24.3 Å². The fraction of sp³-hybridized carbons (Fsp3) is 0.625. The molecule has 19 heavy (non-hydrogen) atoms. The molecular formula is C16H24N2O. The zero-order valence-corrected chi connectivity index (χ0v) is 12.0. The summed E-state index contributed by atoms with van der Waals surface area (Å²) in [4.78, 5) is 2.15. The van der Waals surface area contributed by atoms with Crippen LogP contribution in [0.5, 0.6) is 0 Å². The number of rotatable bonds is 4. The molecule has 0 bridgehead atoms. The van der Waals surface area contributed by atoms with Crippen molar-refractivity contribution in [1.29, 1.82) is 0 Å². The Kier molecular flexibility index (Phi) is 3.50. The van der Waals surface area contributed by atoms with E-state index in [1.807, 2.05) is 0 Å². The standard InChI is InChI=1S/C16H24N2O/c1-18(2)15-5-3-14(4-6-15)16(11-19-12-16)9-13-7-8-17-10-13/h3-6,13,17H,7-12H2,1-2H3. The Bertz CT molecular complexity index is 417. The van der Waals surface area contributed by atoms with E-state index in [1.165, 1.54) is 37.2 Å². The minimum absolute atomic E-state index is 0.279. The minimum atomic E-state index is 0.279. The van der Waals surface area contributed by atoms with Crippen LogP contribution in [0.4, 0.5) is 5.69 Å². The van der Waals surface area contributed by atoms with Crippen molar-refractivity contribution in [1.82, 2.24) is 5.32 Å². The molecule has 2 fully saturated rings. The maximum Gasteiger partial charge on any atom is 0.0585 e. The van der Waals surface area contributed by atoms with E-state index in [-0.39, 0.29) is 5.41 Å². The number of hydrogen-bond donors (Lipinski definition) is 1. The molecule has 2 saturated heterocycles. The van der Waals surface area contributed by atoms with Crippen molar-refractivity contribution in [2.45, 2.75) is 18.3 Å². The lowest BCUT2D eigenvalue weighted by molar-refractivity contribution is -0.0705. The van der Waals surface area contributed by atoms with Gasteiger partial charge in [0, 0.05) is 25.2 Å². The highest BCUT2D eigenvalue weighted by Crippen LogP contribution is 2.40. The molecule has 1 aromatic rings. The van der Waals surface area contributed by atoms with E-state index in [9.17, 15) is 0 Å². The van der Waals surface area contributed by atoms with E-state index in [0.717, 1.165) is 19.1 Å². The number of nitrogens with one attached hydrogen (secondary N) is 1. The zero-order chi connectivity index (χ0) is 13.3. The fourth-order valence-electron chi connectivity index (χ4n) is 3.31. The lowest BCUT2D eigenvalue weighted by atomic mass is 9.72. The van der Waals surface area contributed by atoms with Gasteiger partial charge in [-0.3, -0.25) is 0 Å². The summed E-state index contributed by atoms with van der Waals surface area (Å²) < 4.78 is 5.55. The first-order chi connectivity index (χ1) is 9.20. The average molecular weight is 260 g/mol. The van der Waals surface area contributed by atoms with Crippen LogP contribution in [0.25, 0.3) is 0 Å². The van der Waals surface area contributed by atoms with Gasteiger partial charge in [-0.2, -0.15) is 0 Å². The van der Waals surface area contributed by atoms with Gasteiger partial charge in [-0.05, 0) is 49.5 Å². The van der Waals surface area contributed by atoms with E-state index in [0.29, 0.717) is 0 Å². The van der Waals surface area contributed by atoms with Gasteiger partial charge in [-0.15, -0.1) is 0 Å². The number of hydrogen-bond acceptors (Lipinski definition) is 3. The van der Waals surface area contributed by atoms with Gasteiger partial charge in [0.05, 0.1) is 13.2 Å². The van der Waals surface area contributed by atoms with Crippen LogP contribution in [0.3, 0.4) is 0 Å². The average Bonchev–Trinajstić information content (AvgIpc) is 2.87. The Labute approximate surface area is 115 Å². The molecule has 1 aromatic carbocycles. The largest absolute Gasteiger partial charge is 0.379 e. The molecule has 2 aliphatic heterocycles. The second-order valence-electron chi connectivity index (χ2n) is 6.28. The van der Waals surface area contributed by atoms with E-state index >= 15 is 0 Å². The van der Waals surface area contributed by atoms with Crippen LogP contribution < -0.4 is 10.2 Å². The second kappa shape index (κ2) is 5.14. The van der Waals surface area contributed by atoms with Crippen molar-refractivity contribution >= 4 is 5.69 Å². The van der Waals surface area contributed by atoms with Crippen LogP contribution in [-0.2, 0) is 10.2 Å². The quantitative estimate of drug-likeness (QED) is 0.896. The number of anilines is 1. The molecule has 2 aliphatic rings. The number of ether oxygens (including phenoxy) is 1. The topological polar surface area (TPSA) is 24.5 Å². The number of benzene rings is 1. The highest BCUT2D eigenvalue weighted by Gasteiger charge is 2.42. The summed E-state index contributed by atoms with van der Waals surface area (Å²) in [5, 5.41) is 3.47. The van der Waals surface area contributed by atoms with E-state index in [4.69, 9.17) is 4.74 Å². The minimum Gasteiger partial charge on any atom is -0.379 e. The van der Waals surface area contributed by atoms with Gasteiger partial charge in [0.1, 0.15) is 0 Å². The summed E-state index contributed by atoms with van der Waals surface area (Å²) in [6, 6.07) is 9.03. The van der Waals surface area contributed by atoms with Crippen LogP contribution in [0.2, 0.25) is 0 Å². The van der Waals surface area contributed by atoms with Gasteiger partial charge in [-0.25, -0.2) is 0 Å². The molecule has 0 saturated carbocycles. The van der Waals surface area contributed by atoms with Gasteiger partial charge < -0.3 is 15.0 Å². The zero-order valence-electron chi connectivity index (χ0n) is 12.0. The van der Waals surface area contributed by atoms with Crippen molar-refractivity contribution < 1.29 is 4.74 Å². The first-order valence-corrected chi connectivity index (χ1v) is 7.26. The Balaban J connectivity index is 1.76. The third kappa shape index (κ3) is 2.49. The fourth-order valence-corrected chi connectivity index (χ4v) is 3.31. The van der Waals surface area contributed by atoms with Gasteiger partial charge in [0.2, 0.25) is 0 Å². The Morgan fingerprint density at radius 3 is 2.47 bits per heavy atom. The molecule has 0 amide bonds. The highest BCUT2D eigenvalue weighted by atomic mass is 16.5. The monoisotopic (exact) mass is 260 g/mol. The Morgan fingerprint density at radius 2 is 2.00 bits per heavy atom. The van der Waals surface area contributed by atoms with Gasteiger partial charge >= 0.3 is 0 Å². The normalized spacial score (nSPS) is 25.1. The van der Waals surface area contributed by atoms with Gasteiger partial charge in [0.25, 0.3) is 0 Å². The highest BCUT2D eigenvalue weighted by molar-refractivity contribution is 5.47. The third-order valence-corrected chi connectivity index (χ3v) is 4.59. The van der Waals surface area contributed by atoms with Crippen LogP contribution in [-0.4, -0.2) is 40.4 Å². The summed E-state index contributed by atoms with van der Waals surface area (Å²) in [5.41, 5.74) is 3.00. The second-order valence-corrected chi connectivity index (χ2v) is 6.28. The molecule has 2 heterocycles. The molecular weight excluding hydrogens is 236 g/mol. The lowest BCUT2D eigenvalue weighted by Crippen LogP contribution is -2.48. The first kappa shape index (κ1) is 12.9. The van der Waals surface area contributed by atoms with E-state index in [2.05, 4.69) is 48.6 Å². The molecule has 1 N–H and O–H groups in total. The van der Waals surface area contributed by atoms with Crippen molar-refractivity contribution in [2.24, 2.45) is 5.92 Å². The summed E-state index contributed by atoms with van der Waals surface area (Å²) in [7, 11) is 4.17. The van der Waals surface area contributed by atoms with Crippen LogP contribution >= 0.6 is 0 Å². The first-order valence-electron chi connectivity index (χ1n) is 7.26. The summed E-state index contributed by atoms with van der Waals surface area (Å²) >= 11 is 0. The molecule has 3 heteroatoms. The van der Waals surface area contributed by atoms with Crippen molar-refractivity contribution in [3.63, 3.8) is 0 Å². The predicted octanol–water partition coefficient (Wildman–Crippen LogP) is 2.02. The molecule has 0 radical (unpaired) electrons. The molecule has 1 unspecified atom stereocenters.